The normalized spacial score (nSPS) is 10.8. The second kappa shape index (κ2) is 5.10. The van der Waals surface area contributed by atoms with Crippen LogP contribution in [0.4, 0.5) is 4.39 Å². The Morgan fingerprint density at radius 2 is 2.00 bits per heavy atom. The molecule has 2 aromatic rings. The fraction of sp³-hybridized carbons (Fsp3) is 0.308. The SMILES string of the molecule is CCNCc1cnn(-c2ccc(F)cc2)c1C. The first-order valence-electron chi connectivity index (χ1n) is 5.72. The molecule has 2 rings (SSSR count). The fourth-order valence-corrected chi connectivity index (χ4v) is 1.72. The van der Waals surface area contributed by atoms with Gasteiger partial charge in [-0.05, 0) is 37.7 Å². The van der Waals surface area contributed by atoms with E-state index in [9.17, 15) is 4.39 Å². The van der Waals surface area contributed by atoms with Crippen molar-refractivity contribution in [2.24, 2.45) is 0 Å². The lowest BCUT2D eigenvalue weighted by molar-refractivity contribution is 0.627. The van der Waals surface area contributed by atoms with E-state index in [1.54, 1.807) is 12.1 Å². The minimum Gasteiger partial charge on any atom is -0.313 e. The van der Waals surface area contributed by atoms with Crippen LogP contribution in [0, 0.1) is 12.7 Å². The highest BCUT2D eigenvalue weighted by Gasteiger charge is 2.07. The van der Waals surface area contributed by atoms with Crippen molar-refractivity contribution in [1.29, 1.82) is 0 Å². The van der Waals surface area contributed by atoms with Crippen molar-refractivity contribution in [3.05, 3.63) is 47.5 Å². The Labute approximate surface area is 100 Å². The van der Waals surface area contributed by atoms with Gasteiger partial charge in [-0.15, -0.1) is 0 Å². The standard InChI is InChI=1S/C13H16FN3/c1-3-15-8-11-9-16-17(10(11)2)13-6-4-12(14)5-7-13/h4-7,9,15H,3,8H2,1-2H3. The van der Waals surface area contributed by atoms with Crippen molar-refractivity contribution in [1.82, 2.24) is 15.1 Å². The predicted octanol–water partition coefficient (Wildman–Crippen LogP) is 2.43. The van der Waals surface area contributed by atoms with Gasteiger partial charge in [-0.1, -0.05) is 6.92 Å². The molecule has 1 N–H and O–H groups in total. The zero-order valence-corrected chi connectivity index (χ0v) is 10.1. The van der Waals surface area contributed by atoms with E-state index in [-0.39, 0.29) is 5.82 Å². The molecule has 0 radical (unpaired) electrons. The van der Waals surface area contributed by atoms with Crippen LogP contribution in [0.3, 0.4) is 0 Å². The average Bonchev–Trinajstić information content (AvgIpc) is 2.69. The predicted molar refractivity (Wildman–Crippen MR) is 65.6 cm³/mol. The minimum atomic E-state index is -0.230. The number of hydrogen-bond acceptors (Lipinski definition) is 2. The summed E-state index contributed by atoms with van der Waals surface area (Å²) in [6.07, 6.45) is 1.85. The second-order valence-electron chi connectivity index (χ2n) is 3.92. The highest BCUT2D eigenvalue weighted by molar-refractivity contribution is 5.34. The van der Waals surface area contributed by atoms with Gasteiger partial charge >= 0.3 is 0 Å². The molecule has 1 aromatic carbocycles. The molecule has 0 bridgehead atoms. The molecule has 90 valence electrons. The van der Waals surface area contributed by atoms with E-state index in [1.165, 1.54) is 12.1 Å². The summed E-state index contributed by atoms with van der Waals surface area (Å²) in [5, 5.41) is 7.59. The van der Waals surface area contributed by atoms with Crippen LogP contribution >= 0.6 is 0 Å². The molecule has 3 nitrogen and oxygen atoms in total. The first-order chi connectivity index (χ1) is 8.22. The maximum absolute atomic E-state index is 12.8. The Kier molecular flexibility index (Phi) is 3.54. The smallest absolute Gasteiger partial charge is 0.123 e. The number of benzene rings is 1. The molecular formula is C13H16FN3. The van der Waals surface area contributed by atoms with Gasteiger partial charge in [0.1, 0.15) is 5.82 Å². The number of nitrogens with one attached hydrogen (secondary N) is 1. The third-order valence-corrected chi connectivity index (χ3v) is 2.75. The maximum Gasteiger partial charge on any atom is 0.123 e. The van der Waals surface area contributed by atoms with Crippen LogP contribution in [0.25, 0.3) is 5.69 Å². The van der Waals surface area contributed by atoms with Gasteiger partial charge < -0.3 is 5.32 Å². The van der Waals surface area contributed by atoms with Gasteiger partial charge in [-0.2, -0.15) is 5.10 Å². The molecule has 0 aliphatic heterocycles. The number of hydrogen-bond donors (Lipinski definition) is 1. The summed E-state index contributed by atoms with van der Waals surface area (Å²) in [6, 6.07) is 6.35. The largest absolute Gasteiger partial charge is 0.313 e. The third kappa shape index (κ3) is 2.53. The van der Waals surface area contributed by atoms with Crippen molar-refractivity contribution in [2.75, 3.05) is 6.54 Å². The van der Waals surface area contributed by atoms with E-state index in [2.05, 4.69) is 17.3 Å². The molecule has 0 aliphatic carbocycles. The monoisotopic (exact) mass is 233 g/mol. The van der Waals surface area contributed by atoms with E-state index in [4.69, 9.17) is 0 Å². The summed E-state index contributed by atoms with van der Waals surface area (Å²) in [6.45, 7) is 5.83. The summed E-state index contributed by atoms with van der Waals surface area (Å²) >= 11 is 0. The molecule has 4 heteroatoms. The summed E-state index contributed by atoms with van der Waals surface area (Å²) in [7, 11) is 0. The highest BCUT2D eigenvalue weighted by Crippen LogP contribution is 2.14. The first-order valence-corrected chi connectivity index (χ1v) is 5.72. The average molecular weight is 233 g/mol. The molecule has 0 saturated carbocycles. The van der Waals surface area contributed by atoms with Crippen molar-refractivity contribution in [2.45, 2.75) is 20.4 Å². The first kappa shape index (κ1) is 11.8. The van der Waals surface area contributed by atoms with Crippen LogP contribution in [-0.2, 0) is 6.54 Å². The van der Waals surface area contributed by atoms with E-state index in [0.29, 0.717) is 0 Å². The molecule has 0 amide bonds. The maximum atomic E-state index is 12.8. The minimum absolute atomic E-state index is 0.230. The lowest BCUT2D eigenvalue weighted by Gasteiger charge is -2.05. The summed E-state index contributed by atoms with van der Waals surface area (Å²) in [5.74, 6) is -0.230. The van der Waals surface area contributed by atoms with Crippen LogP contribution in [0.5, 0.6) is 0 Å². The van der Waals surface area contributed by atoms with Crippen molar-refractivity contribution in [3.63, 3.8) is 0 Å². The van der Waals surface area contributed by atoms with Crippen molar-refractivity contribution >= 4 is 0 Å². The van der Waals surface area contributed by atoms with Gasteiger partial charge in [0.2, 0.25) is 0 Å². The van der Waals surface area contributed by atoms with Crippen LogP contribution in [0.15, 0.2) is 30.5 Å². The van der Waals surface area contributed by atoms with Gasteiger partial charge in [0.15, 0.2) is 0 Å². The molecule has 1 heterocycles. The Balaban J connectivity index is 2.27. The summed E-state index contributed by atoms with van der Waals surface area (Å²) in [5.41, 5.74) is 3.13. The van der Waals surface area contributed by atoms with E-state index in [1.807, 2.05) is 17.8 Å². The Hall–Kier alpha value is -1.68. The van der Waals surface area contributed by atoms with Gasteiger partial charge in [-0.25, -0.2) is 9.07 Å². The molecule has 0 fully saturated rings. The molecule has 0 saturated heterocycles. The van der Waals surface area contributed by atoms with Gasteiger partial charge in [-0.3, -0.25) is 0 Å². The summed E-state index contributed by atoms with van der Waals surface area (Å²) in [4.78, 5) is 0. The van der Waals surface area contributed by atoms with Gasteiger partial charge in [0.25, 0.3) is 0 Å². The zero-order valence-electron chi connectivity index (χ0n) is 10.1. The Morgan fingerprint density at radius 1 is 1.29 bits per heavy atom. The number of rotatable bonds is 4. The van der Waals surface area contributed by atoms with Crippen LogP contribution in [-0.4, -0.2) is 16.3 Å². The number of aromatic nitrogens is 2. The van der Waals surface area contributed by atoms with E-state index < -0.39 is 0 Å². The van der Waals surface area contributed by atoms with Crippen LogP contribution < -0.4 is 5.32 Å². The topological polar surface area (TPSA) is 29.9 Å². The molecule has 1 aromatic heterocycles. The lowest BCUT2D eigenvalue weighted by Crippen LogP contribution is -2.12. The molecule has 0 aliphatic rings. The molecule has 0 unspecified atom stereocenters. The fourth-order valence-electron chi connectivity index (χ4n) is 1.72. The Morgan fingerprint density at radius 3 is 2.65 bits per heavy atom. The van der Waals surface area contributed by atoms with E-state index >= 15 is 0 Å². The number of halogens is 1. The Bertz CT molecular complexity index is 488. The van der Waals surface area contributed by atoms with Gasteiger partial charge in [0, 0.05) is 17.8 Å². The summed E-state index contributed by atoms with van der Waals surface area (Å²) < 4.78 is 14.7. The van der Waals surface area contributed by atoms with Crippen LogP contribution in [0.2, 0.25) is 0 Å². The van der Waals surface area contributed by atoms with Crippen molar-refractivity contribution in [3.8, 4) is 5.69 Å². The van der Waals surface area contributed by atoms with Crippen LogP contribution in [0.1, 0.15) is 18.2 Å². The molecule has 0 spiro atoms. The van der Waals surface area contributed by atoms with Crippen molar-refractivity contribution < 1.29 is 4.39 Å². The van der Waals surface area contributed by atoms with Gasteiger partial charge in [0.05, 0.1) is 11.9 Å². The molecule has 0 atom stereocenters. The third-order valence-electron chi connectivity index (χ3n) is 2.75. The molecule has 17 heavy (non-hydrogen) atoms. The van der Waals surface area contributed by atoms with E-state index in [0.717, 1.165) is 30.0 Å². The quantitative estimate of drug-likeness (QED) is 0.879. The zero-order chi connectivity index (χ0) is 12.3. The lowest BCUT2D eigenvalue weighted by atomic mass is 10.2. The number of nitrogens with zero attached hydrogens (tertiary/aromatic N) is 2. The molecular weight excluding hydrogens is 217 g/mol. The highest BCUT2D eigenvalue weighted by atomic mass is 19.1. The second-order valence-corrected chi connectivity index (χ2v) is 3.92.